The lowest BCUT2D eigenvalue weighted by atomic mass is 10.2. The molecule has 0 bridgehead atoms. The molecular weight excluding hydrogens is 238 g/mol. The summed E-state index contributed by atoms with van der Waals surface area (Å²) in [6.45, 7) is 3.41. The van der Waals surface area contributed by atoms with E-state index in [-0.39, 0.29) is 6.03 Å². The number of aliphatic hydroxyl groups is 1. The maximum absolute atomic E-state index is 11.2. The van der Waals surface area contributed by atoms with Crippen molar-refractivity contribution in [2.45, 2.75) is 6.10 Å². The molecule has 2 heterocycles. The zero-order chi connectivity index (χ0) is 12.1. The molecule has 3 N–H and O–H groups in total. The highest BCUT2D eigenvalue weighted by Crippen LogP contribution is 2.14. The molecule has 17 heavy (non-hydrogen) atoms. The number of carbonyl (C=O) groups is 1. The van der Waals surface area contributed by atoms with Crippen LogP contribution in [-0.4, -0.2) is 48.8 Å². The summed E-state index contributed by atoms with van der Waals surface area (Å²) < 4.78 is 0. The van der Waals surface area contributed by atoms with Gasteiger partial charge in [-0.1, -0.05) is 0 Å². The van der Waals surface area contributed by atoms with Gasteiger partial charge in [-0.2, -0.15) is 11.3 Å². The van der Waals surface area contributed by atoms with Gasteiger partial charge in [-0.05, 0) is 22.4 Å². The molecule has 1 aromatic heterocycles. The Balaban J connectivity index is 1.61. The van der Waals surface area contributed by atoms with Crippen LogP contribution in [-0.2, 0) is 0 Å². The monoisotopic (exact) mass is 255 g/mol. The van der Waals surface area contributed by atoms with Gasteiger partial charge in [-0.15, -0.1) is 0 Å². The van der Waals surface area contributed by atoms with E-state index in [0.29, 0.717) is 19.6 Å². The highest BCUT2D eigenvalue weighted by Gasteiger charge is 2.18. The van der Waals surface area contributed by atoms with Crippen LogP contribution in [0.1, 0.15) is 11.7 Å². The van der Waals surface area contributed by atoms with Gasteiger partial charge in [0.05, 0.1) is 6.10 Å². The fourth-order valence-corrected chi connectivity index (χ4v) is 2.47. The molecule has 1 fully saturated rings. The smallest absolute Gasteiger partial charge is 0.317 e. The van der Waals surface area contributed by atoms with Crippen molar-refractivity contribution in [3.8, 4) is 0 Å². The summed E-state index contributed by atoms with van der Waals surface area (Å²) in [4.78, 5) is 13.0. The molecular formula is C11H17N3O2S. The van der Waals surface area contributed by atoms with Crippen molar-refractivity contribution in [1.82, 2.24) is 15.5 Å². The number of thiophene rings is 1. The Hall–Kier alpha value is -1.11. The summed E-state index contributed by atoms with van der Waals surface area (Å²) in [6, 6.07) is 1.93. The van der Waals surface area contributed by atoms with E-state index in [9.17, 15) is 9.90 Å². The topological polar surface area (TPSA) is 64.6 Å². The van der Waals surface area contributed by atoms with Crippen molar-refractivity contribution in [2.75, 3.05) is 32.7 Å². The van der Waals surface area contributed by atoms with E-state index in [2.05, 4.69) is 10.6 Å². The Bertz CT molecular complexity index is 356. The number of hydrogen-bond donors (Lipinski definition) is 3. The van der Waals surface area contributed by atoms with E-state index < -0.39 is 6.10 Å². The molecule has 0 spiro atoms. The van der Waals surface area contributed by atoms with Gasteiger partial charge in [0.1, 0.15) is 0 Å². The van der Waals surface area contributed by atoms with Crippen LogP contribution >= 0.6 is 11.3 Å². The standard InChI is InChI=1S/C11H17N3O2S/c15-10(9-1-6-17-8-9)7-12-2-4-14-5-3-13-11(14)16/h1,6,8,10,12,15H,2-5,7H2,(H,13,16). The zero-order valence-corrected chi connectivity index (χ0v) is 10.4. The lowest BCUT2D eigenvalue weighted by Gasteiger charge is -2.15. The second-order valence-electron chi connectivity index (χ2n) is 4.00. The summed E-state index contributed by atoms with van der Waals surface area (Å²) in [5, 5.41) is 19.6. The van der Waals surface area contributed by atoms with Gasteiger partial charge in [0.15, 0.2) is 0 Å². The van der Waals surface area contributed by atoms with Crippen molar-refractivity contribution < 1.29 is 9.90 Å². The molecule has 1 unspecified atom stereocenters. The number of hydrogen-bond acceptors (Lipinski definition) is 4. The molecule has 0 saturated carbocycles. The average Bonchev–Trinajstić information content (AvgIpc) is 2.96. The number of aliphatic hydroxyl groups excluding tert-OH is 1. The largest absolute Gasteiger partial charge is 0.387 e. The molecule has 2 rings (SSSR count). The van der Waals surface area contributed by atoms with E-state index in [4.69, 9.17) is 0 Å². The van der Waals surface area contributed by atoms with E-state index >= 15 is 0 Å². The van der Waals surface area contributed by atoms with Gasteiger partial charge in [-0.3, -0.25) is 0 Å². The van der Waals surface area contributed by atoms with Crippen molar-refractivity contribution in [1.29, 1.82) is 0 Å². The first-order chi connectivity index (χ1) is 8.27. The first-order valence-corrected chi connectivity index (χ1v) is 6.65. The SMILES string of the molecule is O=C1NCCN1CCNCC(O)c1ccsc1. The Morgan fingerprint density at radius 1 is 1.65 bits per heavy atom. The Morgan fingerprint density at radius 2 is 2.53 bits per heavy atom. The van der Waals surface area contributed by atoms with Crippen LogP contribution in [0.5, 0.6) is 0 Å². The fourth-order valence-electron chi connectivity index (χ4n) is 1.76. The summed E-state index contributed by atoms with van der Waals surface area (Å²) in [6.07, 6.45) is -0.464. The highest BCUT2D eigenvalue weighted by atomic mass is 32.1. The van der Waals surface area contributed by atoms with Crippen LogP contribution in [0.4, 0.5) is 4.79 Å². The van der Waals surface area contributed by atoms with E-state index in [1.54, 1.807) is 16.2 Å². The zero-order valence-electron chi connectivity index (χ0n) is 9.56. The van der Waals surface area contributed by atoms with Crippen LogP contribution in [0, 0.1) is 0 Å². The minimum absolute atomic E-state index is 0.00480. The third-order valence-electron chi connectivity index (χ3n) is 2.77. The van der Waals surface area contributed by atoms with Crippen molar-refractivity contribution in [3.05, 3.63) is 22.4 Å². The van der Waals surface area contributed by atoms with Crippen LogP contribution in [0.15, 0.2) is 16.8 Å². The second kappa shape index (κ2) is 6.00. The molecule has 1 aliphatic rings. The highest BCUT2D eigenvalue weighted by molar-refractivity contribution is 7.07. The molecule has 94 valence electrons. The summed E-state index contributed by atoms with van der Waals surface area (Å²) in [5.41, 5.74) is 0.946. The molecule has 1 atom stereocenters. The maximum atomic E-state index is 11.2. The van der Waals surface area contributed by atoms with Gasteiger partial charge in [0, 0.05) is 32.7 Å². The van der Waals surface area contributed by atoms with E-state index in [1.165, 1.54) is 0 Å². The Morgan fingerprint density at radius 3 is 3.18 bits per heavy atom. The van der Waals surface area contributed by atoms with Crippen molar-refractivity contribution in [2.24, 2.45) is 0 Å². The molecule has 1 aromatic rings. The number of rotatable bonds is 6. The molecule has 1 saturated heterocycles. The number of nitrogens with zero attached hydrogens (tertiary/aromatic N) is 1. The molecule has 0 aliphatic carbocycles. The average molecular weight is 255 g/mol. The van der Waals surface area contributed by atoms with Crippen molar-refractivity contribution in [3.63, 3.8) is 0 Å². The minimum Gasteiger partial charge on any atom is -0.387 e. The third-order valence-corrected chi connectivity index (χ3v) is 3.47. The summed E-state index contributed by atoms with van der Waals surface area (Å²) in [5.74, 6) is 0. The molecule has 2 amide bonds. The number of nitrogens with one attached hydrogen (secondary N) is 2. The lowest BCUT2D eigenvalue weighted by molar-refractivity contribution is 0.173. The quantitative estimate of drug-likeness (QED) is 0.645. The number of amides is 2. The molecule has 0 aromatic carbocycles. The number of carbonyl (C=O) groups excluding carboxylic acids is 1. The van der Waals surface area contributed by atoms with Crippen molar-refractivity contribution >= 4 is 17.4 Å². The van der Waals surface area contributed by atoms with Gasteiger partial charge < -0.3 is 20.6 Å². The van der Waals surface area contributed by atoms with Crippen LogP contribution in [0.25, 0.3) is 0 Å². The third kappa shape index (κ3) is 3.42. The van der Waals surface area contributed by atoms with Gasteiger partial charge in [0.2, 0.25) is 0 Å². The first kappa shape index (κ1) is 12.3. The van der Waals surface area contributed by atoms with Gasteiger partial charge >= 0.3 is 6.03 Å². The Labute approximate surface area is 104 Å². The fraction of sp³-hybridized carbons (Fsp3) is 0.545. The van der Waals surface area contributed by atoms with Gasteiger partial charge in [0.25, 0.3) is 0 Å². The molecule has 0 radical (unpaired) electrons. The summed E-state index contributed by atoms with van der Waals surface area (Å²) in [7, 11) is 0. The number of urea groups is 1. The van der Waals surface area contributed by atoms with E-state index in [1.807, 2.05) is 16.8 Å². The predicted octanol–water partition coefficient (Wildman–Crippen LogP) is 0.396. The predicted molar refractivity (Wildman–Crippen MR) is 67.1 cm³/mol. The van der Waals surface area contributed by atoms with Crippen LogP contribution in [0.3, 0.4) is 0 Å². The Kier molecular flexibility index (Phi) is 4.36. The lowest BCUT2D eigenvalue weighted by Crippen LogP contribution is -2.35. The maximum Gasteiger partial charge on any atom is 0.317 e. The normalized spacial score (nSPS) is 17.2. The first-order valence-electron chi connectivity index (χ1n) is 5.71. The summed E-state index contributed by atoms with van der Waals surface area (Å²) >= 11 is 1.58. The molecule has 1 aliphatic heterocycles. The second-order valence-corrected chi connectivity index (χ2v) is 4.78. The van der Waals surface area contributed by atoms with E-state index in [0.717, 1.165) is 18.7 Å². The molecule has 6 heteroatoms. The van der Waals surface area contributed by atoms with Gasteiger partial charge in [-0.25, -0.2) is 4.79 Å². The van der Waals surface area contributed by atoms with Crippen LogP contribution < -0.4 is 10.6 Å². The minimum atomic E-state index is -0.464. The molecule has 5 nitrogen and oxygen atoms in total. The van der Waals surface area contributed by atoms with Crippen LogP contribution in [0.2, 0.25) is 0 Å².